The van der Waals surface area contributed by atoms with Gasteiger partial charge in [0.1, 0.15) is 0 Å². The Hall–Kier alpha value is -2.19. The van der Waals surface area contributed by atoms with Gasteiger partial charge in [-0.2, -0.15) is 0 Å². The molecule has 2 aromatic rings. The van der Waals surface area contributed by atoms with Crippen molar-refractivity contribution in [2.45, 2.75) is 44.4 Å². The highest BCUT2D eigenvalue weighted by molar-refractivity contribution is 7.90. The number of benzene rings is 1. The van der Waals surface area contributed by atoms with Gasteiger partial charge in [-0.1, -0.05) is 37.2 Å². The zero-order chi connectivity index (χ0) is 19.4. The van der Waals surface area contributed by atoms with Crippen LogP contribution in [-0.4, -0.2) is 42.7 Å². The molecule has 1 saturated heterocycles. The normalized spacial score (nSPS) is 18.0. The Morgan fingerprint density at radius 1 is 1.33 bits per heavy atom. The van der Waals surface area contributed by atoms with Gasteiger partial charge in [0.25, 0.3) is 5.91 Å². The Labute approximate surface area is 159 Å². The molecule has 2 heterocycles. The van der Waals surface area contributed by atoms with E-state index in [-0.39, 0.29) is 24.9 Å². The summed E-state index contributed by atoms with van der Waals surface area (Å²) in [6.45, 7) is 4.81. The van der Waals surface area contributed by atoms with Crippen LogP contribution in [0.5, 0.6) is 0 Å². The first kappa shape index (κ1) is 19.6. The van der Waals surface area contributed by atoms with Gasteiger partial charge in [0, 0.05) is 24.7 Å². The van der Waals surface area contributed by atoms with Crippen molar-refractivity contribution in [2.75, 3.05) is 13.1 Å². The van der Waals surface area contributed by atoms with Gasteiger partial charge in [-0.25, -0.2) is 13.1 Å². The maximum absolute atomic E-state index is 12.7. The third kappa shape index (κ3) is 4.75. The molecule has 7 nitrogen and oxygen atoms in total. The van der Waals surface area contributed by atoms with Crippen LogP contribution in [0.15, 0.2) is 40.9 Å². The van der Waals surface area contributed by atoms with Crippen molar-refractivity contribution in [3.8, 4) is 0 Å². The minimum atomic E-state index is -3.57. The summed E-state index contributed by atoms with van der Waals surface area (Å²) in [5.41, 5.74) is 1.37. The summed E-state index contributed by atoms with van der Waals surface area (Å²) >= 11 is 0. The summed E-state index contributed by atoms with van der Waals surface area (Å²) in [6, 6.07) is 10.7. The van der Waals surface area contributed by atoms with Crippen molar-refractivity contribution in [1.82, 2.24) is 14.8 Å². The number of sulfonamides is 1. The maximum atomic E-state index is 12.7. The molecule has 3 rings (SSSR count). The highest BCUT2D eigenvalue weighted by Gasteiger charge is 2.33. The topological polar surface area (TPSA) is 92.5 Å². The van der Waals surface area contributed by atoms with E-state index in [4.69, 9.17) is 4.52 Å². The number of carbonyl (C=O) groups excluding carboxylic acids is 1. The maximum Gasteiger partial charge on any atom is 0.253 e. The van der Waals surface area contributed by atoms with Gasteiger partial charge in [-0.15, -0.1) is 0 Å². The number of hydrogen-bond acceptors (Lipinski definition) is 5. The summed E-state index contributed by atoms with van der Waals surface area (Å²) < 4.78 is 33.2. The number of carbonyl (C=O) groups is 1. The van der Waals surface area contributed by atoms with E-state index < -0.39 is 15.3 Å². The number of rotatable bonds is 6. The molecule has 0 saturated carbocycles. The standard InChI is InChI=1S/C19H25N3O4S/c1-14(2)18-11-16(26-21-18)12-20-27(24,25)17-9-6-10-22(13-17)19(23)15-7-4-3-5-8-15/h3-5,7-8,11,14,17,20H,6,9-10,12-13H2,1-2H3/t17-/m0/s1. The summed E-state index contributed by atoms with van der Waals surface area (Å²) in [5.74, 6) is 0.567. The first-order chi connectivity index (χ1) is 12.9. The van der Waals surface area contributed by atoms with Gasteiger partial charge in [-0.05, 0) is 30.9 Å². The average molecular weight is 391 g/mol. The molecule has 0 bridgehead atoms. The number of nitrogens with zero attached hydrogens (tertiary/aromatic N) is 2. The van der Waals surface area contributed by atoms with Gasteiger partial charge < -0.3 is 9.42 Å². The lowest BCUT2D eigenvalue weighted by Crippen LogP contribution is -2.48. The van der Waals surface area contributed by atoms with Gasteiger partial charge >= 0.3 is 0 Å². The Kier molecular flexibility index (Phi) is 5.96. The number of hydrogen-bond donors (Lipinski definition) is 1. The van der Waals surface area contributed by atoms with Crippen LogP contribution in [-0.2, 0) is 16.6 Å². The minimum absolute atomic E-state index is 0.0607. The predicted molar refractivity (Wildman–Crippen MR) is 102 cm³/mol. The van der Waals surface area contributed by atoms with Crippen LogP contribution in [0.25, 0.3) is 0 Å². The molecular formula is C19H25N3O4S. The van der Waals surface area contributed by atoms with Gasteiger partial charge in [-0.3, -0.25) is 4.79 Å². The van der Waals surface area contributed by atoms with Gasteiger partial charge in [0.05, 0.1) is 17.5 Å². The Morgan fingerprint density at radius 2 is 2.07 bits per heavy atom. The van der Waals surface area contributed by atoms with Crippen molar-refractivity contribution in [2.24, 2.45) is 0 Å². The van der Waals surface area contributed by atoms with Crippen LogP contribution in [0.2, 0.25) is 0 Å². The number of aromatic nitrogens is 1. The number of likely N-dealkylation sites (tertiary alicyclic amines) is 1. The highest BCUT2D eigenvalue weighted by Crippen LogP contribution is 2.20. The van der Waals surface area contributed by atoms with Crippen molar-refractivity contribution in [1.29, 1.82) is 0 Å². The molecule has 0 unspecified atom stereocenters. The molecule has 0 radical (unpaired) electrons. The molecule has 1 fully saturated rings. The molecule has 1 amide bonds. The fourth-order valence-corrected chi connectivity index (χ4v) is 4.55. The third-order valence-electron chi connectivity index (χ3n) is 4.74. The molecular weight excluding hydrogens is 366 g/mol. The second-order valence-corrected chi connectivity index (χ2v) is 9.17. The second-order valence-electron chi connectivity index (χ2n) is 7.12. The summed E-state index contributed by atoms with van der Waals surface area (Å²) in [5, 5.41) is 3.30. The average Bonchev–Trinajstić information content (AvgIpc) is 3.16. The summed E-state index contributed by atoms with van der Waals surface area (Å²) in [4.78, 5) is 14.2. The molecule has 1 atom stereocenters. The SMILES string of the molecule is CC(C)c1cc(CNS(=O)(=O)[C@H]2CCCN(C(=O)c3ccccc3)C2)on1. The lowest BCUT2D eigenvalue weighted by atomic mass is 10.1. The summed E-state index contributed by atoms with van der Waals surface area (Å²) in [6.07, 6.45) is 1.19. The molecule has 1 aromatic carbocycles. The first-order valence-corrected chi connectivity index (χ1v) is 10.7. The Balaban J connectivity index is 1.62. The number of amides is 1. The number of piperidine rings is 1. The molecule has 8 heteroatoms. The minimum Gasteiger partial charge on any atom is -0.360 e. The van der Waals surface area contributed by atoms with E-state index in [1.807, 2.05) is 19.9 Å². The van der Waals surface area contributed by atoms with Crippen LogP contribution in [0, 0.1) is 0 Å². The fraction of sp³-hybridized carbons (Fsp3) is 0.474. The molecule has 0 aliphatic carbocycles. The Morgan fingerprint density at radius 3 is 2.74 bits per heavy atom. The van der Waals surface area contributed by atoms with E-state index >= 15 is 0 Å². The molecule has 1 aliphatic heterocycles. The lowest BCUT2D eigenvalue weighted by Gasteiger charge is -2.32. The molecule has 1 N–H and O–H groups in total. The smallest absolute Gasteiger partial charge is 0.253 e. The zero-order valence-electron chi connectivity index (χ0n) is 15.6. The quantitative estimate of drug-likeness (QED) is 0.817. The highest BCUT2D eigenvalue weighted by atomic mass is 32.2. The molecule has 0 spiro atoms. The van der Waals surface area contributed by atoms with Gasteiger partial charge in [0.2, 0.25) is 10.0 Å². The van der Waals surface area contributed by atoms with Crippen molar-refractivity contribution in [3.63, 3.8) is 0 Å². The molecule has 27 heavy (non-hydrogen) atoms. The van der Waals surface area contributed by atoms with E-state index in [1.54, 1.807) is 35.2 Å². The first-order valence-electron chi connectivity index (χ1n) is 9.15. The second kappa shape index (κ2) is 8.22. The fourth-order valence-electron chi connectivity index (χ4n) is 3.11. The van der Waals surface area contributed by atoms with E-state index in [9.17, 15) is 13.2 Å². The van der Waals surface area contributed by atoms with Crippen molar-refractivity contribution < 1.29 is 17.7 Å². The van der Waals surface area contributed by atoms with E-state index in [1.165, 1.54) is 0 Å². The third-order valence-corrected chi connectivity index (χ3v) is 6.55. The Bertz CT molecular complexity index is 877. The van der Waals surface area contributed by atoms with Crippen LogP contribution < -0.4 is 4.72 Å². The predicted octanol–water partition coefficient (Wildman–Crippen LogP) is 2.52. The lowest BCUT2D eigenvalue weighted by molar-refractivity contribution is 0.0726. The van der Waals surface area contributed by atoms with E-state index in [0.717, 1.165) is 5.69 Å². The van der Waals surface area contributed by atoms with Crippen LogP contribution >= 0.6 is 0 Å². The van der Waals surface area contributed by atoms with Crippen molar-refractivity contribution >= 4 is 15.9 Å². The van der Waals surface area contributed by atoms with Crippen LogP contribution in [0.3, 0.4) is 0 Å². The molecule has 1 aromatic heterocycles. The molecule has 146 valence electrons. The van der Waals surface area contributed by atoms with E-state index in [2.05, 4.69) is 9.88 Å². The largest absolute Gasteiger partial charge is 0.360 e. The van der Waals surface area contributed by atoms with E-state index in [0.29, 0.717) is 30.7 Å². The monoisotopic (exact) mass is 391 g/mol. The zero-order valence-corrected chi connectivity index (χ0v) is 16.4. The summed E-state index contributed by atoms with van der Waals surface area (Å²) in [7, 11) is -3.57. The van der Waals surface area contributed by atoms with Gasteiger partial charge in [0.15, 0.2) is 5.76 Å². The number of nitrogens with one attached hydrogen (secondary N) is 1. The van der Waals surface area contributed by atoms with Crippen molar-refractivity contribution in [3.05, 3.63) is 53.4 Å². The molecule has 1 aliphatic rings. The van der Waals surface area contributed by atoms with Crippen LogP contribution in [0.1, 0.15) is 54.4 Å². The van der Waals surface area contributed by atoms with Crippen LogP contribution in [0.4, 0.5) is 0 Å².